The van der Waals surface area contributed by atoms with E-state index in [9.17, 15) is 14.4 Å². The Morgan fingerprint density at radius 2 is 1.82 bits per heavy atom. The minimum Gasteiger partial charge on any atom is -0.323 e. The standard InChI is InChI=1S/C21H21ClN2O3S/c22-17-8-6-16(7-9-17)12-23(18-4-2-1-3-5-18)20(26)10-11-21(27)24-15-28-14-19(24)13-25/h1-9,13,19H,10-12,14-15H2/t19-/m1/s1. The Bertz CT molecular complexity index is 829. The third kappa shape index (κ3) is 5.14. The molecule has 7 heteroatoms. The summed E-state index contributed by atoms with van der Waals surface area (Å²) in [7, 11) is 0. The molecule has 0 bridgehead atoms. The molecule has 5 nitrogen and oxygen atoms in total. The van der Waals surface area contributed by atoms with Gasteiger partial charge in [-0.2, -0.15) is 0 Å². The van der Waals surface area contributed by atoms with Gasteiger partial charge in [0.2, 0.25) is 11.8 Å². The van der Waals surface area contributed by atoms with E-state index in [-0.39, 0.29) is 30.7 Å². The molecular weight excluding hydrogens is 396 g/mol. The van der Waals surface area contributed by atoms with Crippen molar-refractivity contribution in [3.05, 3.63) is 65.2 Å². The van der Waals surface area contributed by atoms with Crippen LogP contribution in [-0.4, -0.2) is 40.7 Å². The predicted octanol–water partition coefficient (Wildman–Crippen LogP) is 3.75. The molecule has 2 aromatic rings. The first-order chi connectivity index (χ1) is 13.6. The lowest BCUT2D eigenvalue weighted by molar-refractivity contribution is -0.135. The summed E-state index contributed by atoms with van der Waals surface area (Å²) < 4.78 is 0. The highest BCUT2D eigenvalue weighted by Gasteiger charge is 2.29. The molecule has 0 radical (unpaired) electrons. The maximum Gasteiger partial charge on any atom is 0.227 e. The van der Waals surface area contributed by atoms with Gasteiger partial charge in [-0.25, -0.2) is 0 Å². The van der Waals surface area contributed by atoms with Gasteiger partial charge in [-0.1, -0.05) is 41.9 Å². The smallest absolute Gasteiger partial charge is 0.227 e. The average molecular weight is 417 g/mol. The van der Waals surface area contributed by atoms with Crippen molar-refractivity contribution >= 4 is 47.2 Å². The average Bonchev–Trinajstić information content (AvgIpc) is 3.21. The van der Waals surface area contributed by atoms with E-state index in [2.05, 4.69) is 0 Å². The first kappa shape index (κ1) is 20.4. The molecule has 1 saturated heterocycles. The number of nitrogens with zero attached hydrogens (tertiary/aromatic N) is 2. The van der Waals surface area contributed by atoms with E-state index in [1.54, 1.807) is 33.7 Å². The van der Waals surface area contributed by atoms with E-state index in [0.29, 0.717) is 23.2 Å². The minimum absolute atomic E-state index is 0.0910. The SMILES string of the molecule is O=C[C@@H]1CSCN1C(=O)CCC(=O)N(Cc1ccc(Cl)cc1)c1ccccc1. The molecule has 146 valence electrons. The third-order valence-corrected chi connectivity index (χ3v) is 5.86. The summed E-state index contributed by atoms with van der Waals surface area (Å²) in [6.45, 7) is 0.394. The van der Waals surface area contributed by atoms with Crippen LogP contribution in [0.2, 0.25) is 5.02 Å². The Kier molecular flexibility index (Phi) is 7.12. The second-order valence-electron chi connectivity index (χ2n) is 6.51. The van der Waals surface area contributed by atoms with Gasteiger partial charge in [0.05, 0.1) is 18.5 Å². The van der Waals surface area contributed by atoms with Crippen LogP contribution in [0.5, 0.6) is 0 Å². The lowest BCUT2D eigenvalue weighted by atomic mass is 10.1. The second kappa shape index (κ2) is 9.75. The van der Waals surface area contributed by atoms with E-state index < -0.39 is 0 Å². The largest absolute Gasteiger partial charge is 0.323 e. The van der Waals surface area contributed by atoms with E-state index in [1.807, 2.05) is 42.5 Å². The van der Waals surface area contributed by atoms with Gasteiger partial charge in [-0.3, -0.25) is 9.59 Å². The van der Waals surface area contributed by atoms with Crippen LogP contribution < -0.4 is 4.90 Å². The summed E-state index contributed by atoms with van der Waals surface area (Å²) >= 11 is 7.50. The van der Waals surface area contributed by atoms with Crippen LogP contribution >= 0.6 is 23.4 Å². The number of hydrogen-bond donors (Lipinski definition) is 0. The summed E-state index contributed by atoms with van der Waals surface area (Å²) in [5.74, 6) is 0.832. The molecule has 0 aromatic heterocycles. The normalized spacial score (nSPS) is 16.0. The number of rotatable bonds is 7. The van der Waals surface area contributed by atoms with Crippen molar-refractivity contribution in [2.24, 2.45) is 0 Å². The van der Waals surface area contributed by atoms with Crippen LogP contribution in [0.15, 0.2) is 54.6 Å². The Labute approximate surface area is 173 Å². The van der Waals surface area contributed by atoms with Crippen molar-refractivity contribution in [2.75, 3.05) is 16.5 Å². The van der Waals surface area contributed by atoms with Crippen molar-refractivity contribution in [1.82, 2.24) is 4.90 Å². The van der Waals surface area contributed by atoms with Crippen molar-refractivity contribution in [1.29, 1.82) is 0 Å². The fourth-order valence-electron chi connectivity index (χ4n) is 3.02. The maximum atomic E-state index is 12.9. The quantitative estimate of drug-likeness (QED) is 0.645. The Morgan fingerprint density at radius 3 is 2.50 bits per heavy atom. The predicted molar refractivity (Wildman–Crippen MR) is 112 cm³/mol. The maximum absolute atomic E-state index is 12.9. The third-order valence-electron chi connectivity index (χ3n) is 4.57. The van der Waals surface area contributed by atoms with Gasteiger partial charge in [0.25, 0.3) is 0 Å². The van der Waals surface area contributed by atoms with E-state index in [0.717, 1.165) is 17.5 Å². The molecule has 28 heavy (non-hydrogen) atoms. The van der Waals surface area contributed by atoms with Gasteiger partial charge >= 0.3 is 0 Å². The van der Waals surface area contributed by atoms with Crippen molar-refractivity contribution in [3.63, 3.8) is 0 Å². The zero-order chi connectivity index (χ0) is 19.9. The van der Waals surface area contributed by atoms with Crippen LogP contribution in [0.25, 0.3) is 0 Å². The number of para-hydroxylation sites is 1. The Balaban J connectivity index is 1.69. The van der Waals surface area contributed by atoms with Crippen LogP contribution in [0.4, 0.5) is 5.69 Å². The fourth-order valence-corrected chi connectivity index (χ4v) is 4.29. The molecule has 1 aliphatic heterocycles. The zero-order valence-corrected chi connectivity index (χ0v) is 16.9. The number of aldehydes is 1. The monoisotopic (exact) mass is 416 g/mol. The highest BCUT2D eigenvalue weighted by Crippen LogP contribution is 2.22. The number of anilines is 1. The van der Waals surface area contributed by atoms with Crippen LogP contribution in [0.3, 0.4) is 0 Å². The van der Waals surface area contributed by atoms with Gasteiger partial charge in [-0.15, -0.1) is 11.8 Å². The topological polar surface area (TPSA) is 57.7 Å². The molecule has 2 amide bonds. The first-order valence-corrected chi connectivity index (χ1v) is 10.5. The van der Waals surface area contributed by atoms with Gasteiger partial charge in [0.1, 0.15) is 6.29 Å². The molecule has 0 unspecified atom stereocenters. The lowest BCUT2D eigenvalue weighted by Gasteiger charge is -2.24. The molecule has 0 N–H and O–H groups in total. The molecule has 3 rings (SSSR count). The molecule has 1 atom stereocenters. The Hall–Kier alpha value is -2.31. The number of thioether (sulfide) groups is 1. The molecule has 0 aliphatic carbocycles. The molecule has 1 heterocycles. The molecule has 0 saturated carbocycles. The van der Waals surface area contributed by atoms with Crippen molar-refractivity contribution < 1.29 is 14.4 Å². The van der Waals surface area contributed by atoms with Crippen molar-refractivity contribution in [3.8, 4) is 0 Å². The van der Waals surface area contributed by atoms with Crippen LogP contribution in [-0.2, 0) is 20.9 Å². The van der Waals surface area contributed by atoms with E-state index in [4.69, 9.17) is 11.6 Å². The summed E-state index contributed by atoms with van der Waals surface area (Å²) in [4.78, 5) is 39.7. The summed E-state index contributed by atoms with van der Waals surface area (Å²) in [6, 6.07) is 16.3. The molecule has 1 fully saturated rings. The van der Waals surface area contributed by atoms with Gasteiger partial charge < -0.3 is 14.6 Å². The van der Waals surface area contributed by atoms with E-state index >= 15 is 0 Å². The van der Waals surface area contributed by atoms with Gasteiger partial charge in [-0.05, 0) is 29.8 Å². The lowest BCUT2D eigenvalue weighted by Crippen LogP contribution is -2.38. The zero-order valence-electron chi connectivity index (χ0n) is 15.3. The van der Waals surface area contributed by atoms with Gasteiger partial charge in [0, 0.05) is 29.3 Å². The fraction of sp³-hybridized carbons (Fsp3) is 0.286. The summed E-state index contributed by atoms with van der Waals surface area (Å²) in [6.07, 6.45) is 0.984. The highest BCUT2D eigenvalue weighted by molar-refractivity contribution is 7.99. The molecule has 0 spiro atoms. The number of carbonyl (C=O) groups is 3. The minimum atomic E-state index is -0.383. The molecule has 2 aromatic carbocycles. The number of carbonyl (C=O) groups excluding carboxylic acids is 3. The highest BCUT2D eigenvalue weighted by atomic mass is 35.5. The van der Waals surface area contributed by atoms with Crippen LogP contribution in [0, 0.1) is 0 Å². The molecule has 1 aliphatic rings. The molecular formula is C21H21ClN2O3S. The second-order valence-corrected chi connectivity index (χ2v) is 7.94. The van der Waals surface area contributed by atoms with Crippen LogP contribution in [0.1, 0.15) is 18.4 Å². The van der Waals surface area contributed by atoms with Gasteiger partial charge in [0.15, 0.2) is 0 Å². The van der Waals surface area contributed by atoms with Crippen molar-refractivity contribution in [2.45, 2.75) is 25.4 Å². The number of halogens is 1. The first-order valence-electron chi connectivity index (χ1n) is 9.01. The number of benzene rings is 2. The Morgan fingerprint density at radius 1 is 1.11 bits per heavy atom. The summed E-state index contributed by atoms with van der Waals surface area (Å²) in [5, 5.41) is 0.639. The number of hydrogen-bond acceptors (Lipinski definition) is 4. The van der Waals surface area contributed by atoms with E-state index in [1.165, 1.54) is 0 Å². The summed E-state index contributed by atoms with van der Waals surface area (Å²) in [5.41, 5.74) is 1.72. The number of amides is 2.